The first kappa shape index (κ1) is 16.2. The molecule has 2 saturated heterocycles. The summed E-state index contributed by atoms with van der Waals surface area (Å²) >= 11 is 0. The van der Waals surface area contributed by atoms with Crippen LogP contribution in [0.25, 0.3) is 0 Å². The van der Waals surface area contributed by atoms with Gasteiger partial charge in [-0.2, -0.15) is 0 Å². The molecule has 1 unspecified atom stereocenters. The van der Waals surface area contributed by atoms with Gasteiger partial charge in [0.05, 0.1) is 6.04 Å². The predicted octanol–water partition coefficient (Wildman–Crippen LogP) is 1.99. The number of likely N-dealkylation sites (tertiary alicyclic amines) is 1. The Morgan fingerprint density at radius 3 is 2.30 bits per heavy atom. The van der Waals surface area contributed by atoms with Gasteiger partial charge in [0.25, 0.3) is 0 Å². The van der Waals surface area contributed by atoms with Crippen LogP contribution in [-0.2, 0) is 4.79 Å². The third kappa shape index (κ3) is 4.02. The van der Waals surface area contributed by atoms with Crippen LogP contribution in [0.2, 0.25) is 0 Å². The lowest BCUT2D eigenvalue weighted by Gasteiger charge is -2.38. The lowest BCUT2D eigenvalue weighted by Crippen LogP contribution is -2.54. The van der Waals surface area contributed by atoms with Crippen molar-refractivity contribution in [3.05, 3.63) is 24.4 Å². The van der Waals surface area contributed by atoms with Gasteiger partial charge in [0.2, 0.25) is 5.91 Å². The van der Waals surface area contributed by atoms with Crippen LogP contribution in [0.15, 0.2) is 24.4 Å². The number of rotatable bonds is 3. The molecule has 0 bridgehead atoms. The highest BCUT2D eigenvalue weighted by Crippen LogP contribution is 2.16. The second-order valence-electron chi connectivity index (χ2n) is 6.63. The zero-order valence-electron chi connectivity index (χ0n) is 14.2. The van der Waals surface area contributed by atoms with Crippen LogP contribution in [0.4, 0.5) is 5.82 Å². The molecule has 0 N–H and O–H groups in total. The molecule has 1 aromatic heterocycles. The van der Waals surface area contributed by atoms with Gasteiger partial charge < -0.3 is 9.80 Å². The highest BCUT2D eigenvalue weighted by molar-refractivity contribution is 5.81. The minimum atomic E-state index is 0.0227. The Kier molecular flexibility index (Phi) is 5.49. The van der Waals surface area contributed by atoms with Gasteiger partial charge in [-0.3, -0.25) is 9.69 Å². The molecule has 0 aliphatic carbocycles. The highest BCUT2D eigenvalue weighted by atomic mass is 16.2. The number of amides is 1. The molecule has 2 fully saturated rings. The Morgan fingerprint density at radius 1 is 1.00 bits per heavy atom. The molecule has 23 heavy (non-hydrogen) atoms. The first-order valence-electron chi connectivity index (χ1n) is 8.94. The normalized spacial score (nSPS) is 21.8. The average Bonchev–Trinajstić information content (AvgIpc) is 2.91. The maximum Gasteiger partial charge on any atom is 0.239 e. The van der Waals surface area contributed by atoms with E-state index in [0.717, 1.165) is 45.1 Å². The van der Waals surface area contributed by atoms with E-state index in [0.29, 0.717) is 5.91 Å². The lowest BCUT2D eigenvalue weighted by molar-refractivity contribution is -0.136. The highest BCUT2D eigenvalue weighted by Gasteiger charge is 2.29. The molecule has 126 valence electrons. The SMILES string of the molecule is CC(C(=O)N1CCN(c2ccccn2)CC1)N1CCCCCC1. The molecule has 0 spiro atoms. The number of pyridine rings is 1. The molecular formula is C18H28N4O. The summed E-state index contributed by atoms with van der Waals surface area (Å²) in [5, 5.41) is 0. The Hall–Kier alpha value is -1.62. The third-order valence-electron chi connectivity index (χ3n) is 5.11. The summed E-state index contributed by atoms with van der Waals surface area (Å²) in [4.78, 5) is 23.9. The van der Waals surface area contributed by atoms with Crippen LogP contribution in [0.5, 0.6) is 0 Å². The standard InChI is InChI=1S/C18H28N4O/c1-16(20-10-6-2-3-7-11-20)18(23)22-14-12-21(13-15-22)17-8-4-5-9-19-17/h4-5,8-9,16H,2-3,6-7,10-15H2,1H3. The number of hydrogen-bond acceptors (Lipinski definition) is 4. The summed E-state index contributed by atoms with van der Waals surface area (Å²) in [7, 11) is 0. The molecule has 3 rings (SSSR count). The van der Waals surface area contributed by atoms with Crippen molar-refractivity contribution < 1.29 is 4.79 Å². The van der Waals surface area contributed by atoms with Crippen molar-refractivity contribution in [3.8, 4) is 0 Å². The Bertz CT molecular complexity index is 491. The van der Waals surface area contributed by atoms with Gasteiger partial charge in [0.15, 0.2) is 0 Å². The molecule has 0 saturated carbocycles. The van der Waals surface area contributed by atoms with Gasteiger partial charge in [-0.15, -0.1) is 0 Å². The van der Waals surface area contributed by atoms with Gasteiger partial charge in [-0.05, 0) is 45.0 Å². The van der Waals surface area contributed by atoms with Crippen molar-refractivity contribution >= 4 is 11.7 Å². The zero-order chi connectivity index (χ0) is 16.1. The van der Waals surface area contributed by atoms with Crippen LogP contribution in [0, 0.1) is 0 Å². The van der Waals surface area contributed by atoms with E-state index in [9.17, 15) is 4.79 Å². The second-order valence-corrected chi connectivity index (χ2v) is 6.63. The fraction of sp³-hybridized carbons (Fsp3) is 0.667. The van der Waals surface area contributed by atoms with Gasteiger partial charge in [0, 0.05) is 32.4 Å². The maximum atomic E-state index is 12.8. The van der Waals surface area contributed by atoms with E-state index in [1.165, 1.54) is 25.7 Å². The molecule has 0 aromatic carbocycles. The summed E-state index contributed by atoms with van der Waals surface area (Å²) in [5.74, 6) is 1.31. The molecule has 2 aliphatic heterocycles. The van der Waals surface area contributed by atoms with Gasteiger partial charge in [-0.25, -0.2) is 4.98 Å². The Morgan fingerprint density at radius 2 is 1.70 bits per heavy atom. The number of carbonyl (C=O) groups is 1. The average molecular weight is 316 g/mol. The number of piperazine rings is 1. The Labute approximate surface area is 139 Å². The number of carbonyl (C=O) groups excluding carboxylic acids is 1. The monoisotopic (exact) mass is 316 g/mol. The third-order valence-corrected chi connectivity index (χ3v) is 5.11. The number of aromatic nitrogens is 1. The van der Waals surface area contributed by atoms with Gasteiger partial charge >= 0.3 is 0 Å². The minimum absolute atomic E-state index is 0.0227. The van der Waals surface area contributed by atoms with Crippen molar-refractivity contribution in [2.45, 2.75) is 38.6 Å². The topological polar surface area (TPSA) is 39.7 Å². The van der Waals surface area contributed by atoms with E-state index in [1.807, 2.05) is 29.3 Å². The molecule has 1 amide bonds. The molecule has 1 atom stereocenters. The number of nitrogens with zero attached hydrogens (tertiary/aromatic N) is 4. The fourth-order valence-electron chi connectivity index (χ4n) is 3.60. The largest absolute Gasteiger partial charge is 0.353 e. The summed E-state index contributed by atoms with van der Waals surface area (Å²) in [5.41, 5.74) is 0. The molecule has 5 heteroatoms. The van der Waals surface area contributed by atoms with E-state index in [2.05, 4.69) is 21.7 Å². The summed E-state index contributed by atoms with van der Waals surface area (Å²) < 4.78 is 0. The molecular weight excluding hydrogens is 288 g/mol. The van der Waals surface area contributed by atoms with Crippen LogP contribution < -0.4 is 4.90 Å². The molecule has 3 heterocycles. The van der Waals surface area contributed by atoms with Gasteiger partial charge in [0.1, 0.15) is 5.82 Å². The summed E-state index contributed by atoms with van der Waals surface area (Å²) in [6, 6.07) is 6.01. The van der Waals surface area contributed by atoms with Crippen LogP contribution in [0.3, 0.4) is 0 Å². The second kappa shape index (κ2) is 7.77. The predicted molar refractivity (Wildman–Crippen MR) is 92.5 cm³/mol. The van der Waals surface area contributed by atoms with E-state index >= 15 is 0 Å². The first-order valence-corrected chi connectivity index (χ1v) is 8.94. The van der Waals surface area contributed by atoms with Crippen molar-refractivity contribution in [1.29, 1.82) is 0 Å². The summed E-state index contributed by atoms with van der Waals surface area (Å²) in [6.45, 7) is 7.56. The smallest absolute Gasteiger partial charge is 0.239 e. The Balaban J connectivity index is 1.53. The number of hydrogen-bond donors (Lipinski definition) is 0. The van der Waals surface area contributed by atoms with E-state index in [1.54, 1.807) is 0 Å². The van der Waals surface area contributed by atoms with Crippen molar-refractivity contribution in [3.63, 3.8) is 0 Å². The number of anilines is 1. The van der Waals surface area contributed by atoms with Crippen LogP contribution in [-0.4, -0.2) is 66.0 Å². The maximum absolute atomic E-state index is 12.8. The molecule has 0 radical (unpaired) electrons. The van der Waals surface area contributed by atoms with Crippen molar-refractivity contribution in [1.82, 2.24) is 14.8 Å². The quantitative estimate of drug-likeness (QED) is 0.855. The van der Waals surface area contributed by atoms with E-state index in [-0.39, 0.29) is 6.04 Å². The van der Waals surface area contributed by atoms with E-state index in [4.69, 9.17) is 0 Å². The van der Waals surface area contributed by atoms with Gasteiger partial charge in [-0.1, -0.05) is 18.9 Å². The fourth-order valence-corrected chi connectivity index (χ4v) is 3.60. The van der Waals surface area contributed by atoms with Crippen molar-refractivity contribution in [2.75, 3.05) is 44.2 Å². The van der Waals surface area contributed by atoms with Crippen LogP contribution in [0.1, 0.15) is 32.6 Å². The van der Waals surface area contributed by atoms with Crippen molar-refractivity contribution in [2.24, 2.45) is 0 Å². The lowest BCUT2D eigenvalue weighted by atomic mass is 10.2. The van der Waals surface area contributed by atoms with Crippen LogP contribution >= 0.6 is 0 Å². The van der Waals surface area contributed by atoms with E-state index < -0.39 is 0 Å². The molecule has 5 nitrogen and oxygen atoms in total. The first-order chi connectivity index (χ1) is 11.3. The summed E-state index contributed by atoms with van der Waals surface area (Å²) in [6.07, 6.45) is 6.89. The molecule has 2 aliphatic rings. The molecule has 1 aromatic rings. The zero-order valence-corrected chi connectivity index (χ0v) is 14.2. The minimum Gasteiger partial charge on any atom is -0.353 e.